The van der Waals surface area contributed by atoms with Gasteiger partial charge in [0.2, 0.25) is 0 Å². The predicted octanol–water partition coefficient (Wildman–Crippen LogP) is 14.3. The molecule has 0 radical (unpaired) electrons. The van der Waals surface area contributed by atoms with Crippen LogP contribution < -0.4 is 9.30 Å². The molecular formula is C60H35N5O2Pt-2. The van der Waals surface area contributed by atoms with Crippen LogP contribution in [0.4, 0.5) is 0 Å². The third-order valence-corrected chi connectivity index (χ3v) is 12.9. The number of furan rings is 1. The minimum absolute atomic E-state index is 0. The number of rotatable bonds is 7. The zero-order chi connectivity index (χ0) is 44.0. The van der Waals surface area contributed by atoms with Gasteiger partial charge in [0.15, 0.2) is 0 Å². The third-order valence-electron chi connectivity index (χ3n) is 12.9. The number of imidazole rings is 1. The van der Waals surface area contributed by atoms with E-state index >= 15 is 0 Å². The first-order valence-electron chi connectivity index (χ1n) is 22.3. The van der Waals surface area contributed by atoms with Crippen LogP contribution in [0.15, 0.2) is 217 Å². The van der Waals surface area contributed by atoms with Crippen molar-refractivity contribution in [2.75, 3.05) is 0 Å². The number of hydrogen-bond acceptors (Lipinski definition) is 3. The molecule has 0 saturated heterocycles. The molecule has 0 aliphatic carbocycles. The van der Waals surface area contributed by atoms with Crippen molar-refractivity contribution in [3.63, 3.8) is 0 Å². The average Bonchev–Trinajstić information content (AvgIpc) is 4.15. The summed E-state index contributed by atoms with van der Waals surface area (Å²) < 4.78 is 22.2. The summed E-state index contributed by atoms with van der Waals surface area (Å²) in [5, 5.41) is 6.69. The van der Waals surface area contributed by atoms with Crippen LogP contribution in [-0.4, -0.2) is 18.7 Å². The van der Waals surface area contributed by atoms with Gasteiger partial charge < -0.3 is 27.8 Å². The molecule has 0 atom stereocenters. The van der Waals surface area contributed by atoms with E-state index < -0.39 is 0 Å². The van der Waals surface area contributed by atoms with Gasteiger partial charge in [-0.25, -0.2) is 0 Å². The Balaban J connectivity index is 0.00000457. The fourth-order valence-electron chi connectivity index (χ4n) is 10.1. The van der Waals surface area contributed by atoms with E-state index in [9.17, 15) is 0 Å². The molecule has 0 bridgehead atoms. The summed E-state index contributed by atoms with van der Waals surface area (Å²) in [4.78, 5) is 4.66. The molecular weight excluding hydrogens is 1020 g/mol. The fraction of sp³-hybridized carbons (Fsp3) is 0. The minimum Gasteiger partial charge on any atom is -0.503 e. The summed E-state index contributed by atoms with van der Waals surface area (Å²) in [6.07, 6.45) is 5.65. The standard InChI is InChI=1S/C60H35N5O2.Pt/c1-6-25-50-42(19-1)43-20-2-7-26-51(43)64(50)56-31-16-32-57(65-52-27-8-3-21-44(52)45-22-4-9-28-53(45)65)59(56)63-38-62(54-29-10-11-30-55(54)63)39-17-15-18-40(35-39)66-41-36-47-46-23-5-12-33-58(46)67-60(47)48(37-41)49-24-13-14-34-61-49;/h1-34,36H;/q-2;. The number of nitrogens with zero attached hydrogens (tertiary/aromatic N) is 5. The van der Waals surface area contributed by atoms with Gasteiger partial charge in [0.05, 0.1) is 50.1 Å². The Morgan fingerprint density at radius 2 is 1.01 bits per heavy atom. The van der Waals surface area contributed by atoms with Crippen LogP contribution in [0.3, 0.4) is 0 Å². The van der Waals surface area contributed by atoms with Crippen molar-refractivity contribution in [2.45, 2.75) is 0 Å². The van der Waals surface area contributed by atoms with Gasteiger partial charge in [-0.05, 0) is 59.9 Å². The van der Waals surface area contributed by atoms with Gasteiger partial charge in [0.25, 0.3) is 6.33 Å². The van der Waals surface area contributed by atoms with Gasteiger partial charge in [-0.15, -0.1) is 12.1 Å². The molecule has 0 N–H and O–H groups in total. The Morgan fingerprint density at radius 1 is 0.471 bits per heavy atom. The molecule has 0 fully saturated rings. The second-order valence-electron chi connectivity index (χ2n) is 16.7. The van der Waals surface area contributed by atoms with E-state index in [4.69, 9.17) is 9.15 Å². The molecule has 0 aliphatic heterocycles. The first-order chi connectivity index (χ1) is 33.2. The second kappa shape index (κ2) is 15.8. The van der Waals surface area contributed by atoms with E-state index in [-0.39, 0.29) is 21.1 Å². The molecule has 0 aliphatic rings. The molecule has 14 rings (SSSR count). The maximum atomic E-state index is 6.71. The van der Waals surface area contributed by atoms with Crippen LogP contribution in [0, 0.1) is 18.5 Å². The fourth-order valence-corrected chi connectivity index (χ4v) is 10.1. The molecule has 8 heteroatoms. The number of ether oxygens (including phenoxy) is 1. The van der Waals surface area contributed by atoms with E-state index in [1.54, 1.807) is 6.20 Å². The van der Waals surface area contributed by atoms with Crippen molar-refractivity contribution in [1.82, 2.24) is 18.7 Å². The number of aromatic nitrogens is 5. The Bertz CT molecular complexity index is 4040. The average molecular weight is 1050 g/mol. The molecule has 14 aromatic rings. The smallest absolute Gasteiger partial charge is 0.268 e. The number of pyridine rings is 1. The van der Waals surface area contributed by atoms with Crippen molar-refractivity contribution < 1.29 is 34.8 Å². The maximum Gasteiger partial charge on any atom is 0.268 e. The second-order valence-corrected chi connectivity index (χ2v) is 16.7. The topological polar surface area (TPSA) is 53.9 Å². The Labute approximate surface area is 404 Å². The first-order valence-corrected chi connectivity index (χ1v) is 22.3. The van der Waals surface area contributed by atoms with Gasteiger partial charge >= 0.3 is 0 Å². The van der Waals surface area contributed by atoms with Crippen molar-refractivity contribution in [3.8, 4) is 45.5 Å². The monoisotopic (exact) mass is 1050 g/mol. The predicted molar refractivity (Wildman–Crippen MR) is 267 cm³/mol. The molecule has 9 aromatic carbocycles. The van der Waals surface area contributed by atoms with E-state index in [1.807, 2.05) is 60.7 Å². The molecule has 324 valence electrons. The summed E-state index contributed by atoms with van der Waals surface area (Å²) in [5.74, 6) is 1.06. The summed E-state index contributed by atoms with van der Waals surface area (Å²) in [7, 11) is 0. The zero-order valence-corrected chi connectivity index (χ0v) is 38.3. The van der Waals surface area contributed by atoms with Gasteiger partial charge in [0.1, 0.15) is 11.3 Å². The molecule has 0 unspecified atom stereocenters. The van der Waals surface area contributed by atoms with Crippen molar-refractivity contribution >= 4 is 76.6 Å². The van der Waals surface area contributed by atoms with Crippen LogP contribution in [0.5, 0.6) is 11.5 Å². The van der Waals surface area contributed by atoms with Crippen LogP contribution >= 0.6 is 0 Å². The van der Waals surface area contributed by atoms with Crippen molar-refractivity contribution in [1.29, 1.82) is 0 Å². The molecule has 0 saturated carbocycles. The third kappa shape index (κ3) is 6.09. The van der Waals surface area contributed by atoms with Crippen LogP contribution in [0.1, 0.15) is 0 Å². The quantitative estimate of drug-likeness (QED) is 0.118. The number of benzene rings is 9. The van der Waals surface area contributed by atoms with Gasteiger partial charge in [-0.2, -0.15) is 12.1 Å². The summed E-state index contributed by atoms with van der Waals surface area (Å²) in [5.41, 5.74) is 13.2. The van der Waals surface area contributed by atoms with Gasteiger partial charge in [-0.1, -0.05) is 157 Å². The van der Waals surface area contributed by atoms with E-state index in [2.05, 4.69) is 187 Å². The van der Waals surface area contributed by atoms with Gasteiger partial charge in [-0.3, -0.25) is 4.57 Å². The molecule has 5 heterocycles. The largest absolute Gasteiger partial charge is 0.503 e. The maximum absolute atomic E-state index is 6.71. The first kappa shape index (κ1) is 39.8. The summed E-state index contributed by atoms with van der Waals surface area (Å²) in [6.45, 7) is 0. The molecule has 5 aromatic heterocycles. The van der Waals surface area contributed by atoms with E-state index in [0.29, 0.717) is 17.1 Å². The van der Waals surface area contributed by atoms with Crippen LogP contribution in [0.25, 0.3) is 111 Å². The number of fused-ring (bicyclic) bond motifs is 10. The summed E-state index contributed by atoms with van der Waals surface area (Å²) >= 11 is 0. The van der Waals surface area contributed by atoms with Crippen molar-refractivity contribution in [3.05, 3.63) is 231 Å². The molecule has 0 spiro atoms. The van der Waals surface area contributed by atoms with Crippen LogP contribution in [0.2, 0.25) is 0 Å². The Morgan fingerprint density at radius 3 is 1.63 bits per heavy atom. The Hall–Kier alpha value is -8.51. The van der Waals surface area contributed by atoms with E-state index in [1.165, 1.54) is 21.5 Å². The molecule has 0 amide bonds. The number of hydrogen-bond donors (Lipinski definition) is 0. The normalized spacial score (nSPS) is 11.7. The minimum atomic E-state index is 0. The van der Waals surface area contributed by atoms with Crippen molar-refractivity contribution in [2.24, 2.45) is 0 Å². The zero-order valence-electron chi connectivity index (χ0n) is 36.1. The Kier molecular flexibility index (Phi) is 9.27. The molecule has 68 heavy (non-hydrogen) atoms. The molecule has 7 nitrogen and oxygen atoms in total. The van der Waals surface area contributed by atoms with Gasteiger partial charge in [0, 0.05) is 65.7 Å². The SMILES string of the molecule is [Pt].[c-]1c(Oc2[c-]c(-c3ccccn3)c3oc4ccccc4c3c2)cccc1-n1[c-][n+](-c2c(-n3c4ccccc4c4ccccc43)cccc2-n2c3ccccc3c3ccccc32)c2ccccc21. The van der Waals surface area contributed by atoms with E-state index in [0.717, 1.165) is 83.5 Å². The summed E-state index contributed by atoms with van der Waals surface area (Å²) in [6, 6.07) is 78.7. The number of para-hydroxylation sites is 8. The van der Waals surface area contributed by atoms with Crippen LogP contribution in [-0.2, 0) is 21.1 Å².